The Balaban J connectivity index is 2.16. The predicted octanol–water partition coefficient (Wildman–Crippen LogP) is 3.68. The Morgan fingerprint density at radius 1 is 1.12 bits per heavy atom. The number of nitrogens with zero attached hydrogens (tertiary/aromatic N) is 2. The van der Waals surface area contributed by atoms with Gasteiger partial charge >= 0.3 is 0 Å². The predicted molar refractivity (Wildman–Crippen MR) is 97.3 cm³/mol. The SMILES string of the molecule is CC(C)C(=O)C1=C(O)C(=O)N(c2ccc(C#N)cc2)C1c1ccccc1. The standard InChI is InChI=1S/C21H18N2O3/c1-13(2)19(24)17-18(15-6-4-3-5-7-15)23(21(26)20(17)25)16-10-8-14(12-22)9-11-16/h3-11,13,18,25H,1-2H3. The van der Waals surface area contributed by atoms with Crippen molar-refractivity contribution in [3.63, 3.8) is 0 Å². The Morgan fingerprint density at radius 3 is 2.27 bits per heavy atom. The summed E-state index contributed by atoms with van der Waals surface area (Å²) in [5, 5.41) is 19.4. The third-order valence-corrected chi connectivity index (χ3v) is 4.39. The zero-order valence-corrected chi connectivity index (χ0v) is 14.5. The lowest BCUT2D eigenvalue weighted by atomic mass is 9.91. The molecule has 2 aromatic carbocycles. The van der Waals surface area contributed by atoms with Crippen molar-refractivity contribution in [1.82, 2.24) is 0 Å². The molecule has 130 valence electrons. The minimum Gasteiger partial charge on any atom is -0.503 e. The molecule has 1 amide bonds. The molecule has 2 aromatic rings. The molecule has 0 spiro atoms. The van der Waals surface area contributed by atoms with Crippen LogP contribution in [-0.4, -0.2) is 16.8 Å². The summed E-state index contributed by atoms with van der Waals surface area (Å²) in [6.07, 6.45) is 0. The van der Waals surface area contributed by atoms with E-state index in [0.29, 0.717) is 11.3 Å². The maximum absolute atomic E-state index is 12.8. The number of aliphatic hydroxyl groups excluding tert-OH is 1. The summed E-state index contributed by atoms with van der Waals surface area (Å²) in [6.45, 7) is 3.47. The summed E-state index contributed by atoms with van der Waals surface area (Å²) in [7, 11) is 0. The third kappa shape index (κ3) is 2.86. The van der Waals surface area contributed by atoms with Crippen LogP contribution in [0.2, 0.25) is 0 Å². The number of amides is 1. The second kappa shape index (κ2) is 6.85. The molecule has 0 saturated heterocycles. The summed E-state index contributed by atoms with van der Waals surface area (Å²) < 4.78 is 0. The van der Waals surface area contributed by atoms with Gasteiger partial charge in [0.2, 0.25) is 0 Å². The molecule has 1 aliphatic rings. The maximum atomic E-state index is 12.8. The molecule has 0 aliphatic carbocycles. The fourth-order valence-corrected chi connectivity index (χ4v) is 3.08. The maximum Gasteiger partial charge on any atom is 0.294 e. The smallest absolute Gasteiger partial charge is 0.294 e. The number of benzene rings is 2. The van der Waals surface area contributed by atoms with Crippen LogP contribution in [0.25, 0.3) is 0 Å². The molecule has 0 saturated carbocycles. The van der Waals surface area contributed by atoms with Crippen LogP contribution >= 0.6 is 0 Å². The van der Waals surface area contributed by atoms with Gasteiger partial charge in [-0.3, -0.25) is 14.5 Å². The molecule has 1 unspecified atom stereocenters. The number of aliphatic hydroxyl groups is 1. The molecule has 1 N–H and O–H groups in total. The summed E-state index contributed by atoms with van der Waals surface area (Å²) in [5.41, 5.74) is 1.83. The lowest BCUT2D eigenvalue weighted by Crippen LogP contribution is -2.31. The normalized spacial score (nSPS) is 16.9. The van der Waals surface area contributed by atoms with Crippen LogP contribution in [0.1, 0.15) is 31.0 Å². The van der Waals surface area contributed by atoms with Gasteiger partial charge in [-0.05, 0) is 29.8 Å². The van der Waals surface area contributed by atoms with Crippen molar-refractivity contribution in [2.75, 3.05) is 4.90 Å². The molecule has 5 heteroatoms. The number of hydrogen-bond acceptors (Lipinski definition) is 4. The van der Waals surface area contributed by atoms with Crippen molar-refractivity contribution >= 4 is 17.4 Å². The molecule has 1 atom stereocenters. The minimum absolute atomic E-state index is 0.112. The Kier molecular flexibility index (Phi) is 4.59. The van der Waals surface area contributed by atoms with Crippen LogP contribution < -0.4 is 4.90 Å². The van der Waals surface area contributed by atoms with E-state index in [4.69, 9.17) is 5.26 Å². The Hall–Kier alpha value is -3.39. The van der Waals surface area contributed by atoms with Gasteiger partial charge in [0.25, 0.3) is 5.91 Å². The van der Waals surface area contributed by atoms with E-state index in [1.165, 1.54) is 4.90 Å². The topological polar surface area (TPSA) is 81.4 Å². The first-order valence-corrected chi connectivity index (χ1v) is 8.31. The van der Waals surface area contributed by atoms with Crippen molar-refractivity contribution in [3.8, 4) is 6.07 Å². The molecule has 3 rings (SSSR count). The molecule has 0 aromatic heterocycles. The second-order valence-electron chi connectivity index (χ2n) is 6.43. The van der Waals surface area contributed by atoms with Gasteiger partial charge in [-0.15, -0.1) is 0 Å². The van der Waals surface area contributed by atoms with E-state index in [-0.39, 0.29) is 17.3 Å². The Labute approximate surface area is 151 Å². The highest BCUT2D eigenvalue weighted by atomic mass is 16.3. The van der Waals surface area contributed by atoms with Gasteiger partial charge in [-0.2, -0.15) is 5.26 Å². The van der Waals surface area contributed by atoms with Crippen LogP contribution in [0.15, 0.2) is 65.9 Å². The highest BCUT2D eigenvalue weighted by Crippen LogP contribution is 2.41. The van der Waals surface area contributed by atoms with Crippen LogP contribution in [0.5, 0.6) is 0 Å². The molecule has 0 radical (unpaired) electrons. The van der Waals surface area contributed by atoms with E-state index in [9.17, 15) is 14.7 Å². The van der Waals surface area contributed by atoms with Crippen molar-refractivity contribution in [3.05, 3.63) is 77.1 Å². The number of Topliss-reactive ketones (excluding diaryl/α,β-unsaturated/α-hetero) is 1. The van der Waals surface area contributed by atoms with Crippen molar-refractivity contribution < 1.29 is 14.7 Å². The van der Waals surface area contributed by atoms with E-state index in [1.54, 1.807) is 38.1 Å². The van der Waals surface area contributed by atoms with E-state index >= 15 is 0 Å². The van der Waals surface area contributed by atoms with Crippen LogP contribution in [0, 0.1) is 17.2 Å². The number of hydrogen-bond donors (Lipinski definition) is 1. The van der Waals surface area contributed by atoms with Gasteiger partial charge in [0, 0.05) is 11.6 Å². The van der Waals surface area contributed by atoms with Gasteiger partial charge in [0.1, 0.15) is 0 Å². The lowest BCUT2D eigenvalue weighted by Gasteiger charge is -2.27. The molecule has 0 fully saturated rings. The number of nitriles is 1. The summed E-state index contributed by atoms with van der Waals surface area (Å²) in [5.74, 6) is -1.75. The fourth-order valence-electron chi connectivity index (χ4n) is 3.08. The van der Waals surface area contributed by atoms with Crippen molar-refractivity contribution in [2.45, 2.75) is 19.9 Å². The average Bonchev–Trinajstić information content (AvgIpc) is 2.93. The zero-order valence-electron chi connectivity index (χ0n) is 14.5. The first-order valence-electron chi connectivity index (χ1n) is 8.31. The molecule has 5 nitrogen and oxygen atoms in total. The molecule has 1 heterocycles. The zero-order chi connectivity index (χ0) is 18.8. The van der Waals surface area contributed by atoms with Crippen molar-refractivity contribution in [1.29, 1.82) is 5.26 Å². The van der Waals surface area contributed by atoms with Gasteiger partial charge < -0.3 is 5.11 Å². The van der Waals surface area contributed by atoms with E-state index in [2.05, 4.69) is 0 Å². The first kappa shape index (κ1) is 17.4. The average molecular weight is 346 g/mol. The lowest BCUT2D eigenvalue weighted by molar-refractivity contribution is -0.119. The molecule has 1 aliphatic heterocycles. The quantitative estimate of drug-likeness (QED) is 0.915. The Bertz CT molecular complexity index is 922. The number of ketones is 1. The number of anilines is 1. The van der Waals surface area contributed by atoms with E-state index in [0.717, 1.165) is 5.56 Å². The summed E-state index contributed by atoms with van der Waals surface area (Å²) in [6, 6.07) is 16.9. The third-order valence-electron chi connectivity index (χ3n) is 4.39. The van der Waals surface area contributed by atoms with Gasteiger partial charge in [-0.1, -0.05) is 44.2 Å². The monoisotopic (exact) mass is 346 g/mol. The van der Waals surface area contributed by atoms with Gasteiger partial charge in [-0.25, -0.2) is 0 Å². The number of rotatable bonds is 4. The van der Waals surface area contributed by atoms with Crippen molar-refractivity contribution in [2.24, 2.45) is 5.92 Å². The van der Waals surface area contributed by atoms with Crippen LogP contribution in [0.4, 0.5) is 5.69 Å². The fraction of sp³-hybridized carbons (Fsp3) is 0.190. The van der Waals surface area contributed by atoms with E-state index in [1.807, 2.05) is 36.4 Å². The minimum atomic E-state index is -0.702. The highest BCUT2D eigenvalue weighted by molar-refractivity contribution is 6.16. The molecule has 0 bridgehead atoms. The van der Waals surface area contributed by atoms with Gasteiger partial charge in [0.05, 0.1) is 23.2 Å². The summed E-state index contributed by atoms with van der Waals surface area (Å²) in [4.78, 5) is 26.9. The largest absolute Gasteiger partial charge is 0.503 e. The molecular formula is C21H18N2O3. The Morgan fingerprint density at radius 2 is 1.73 bits per heavy atom. The second-order valence-corrected chi connectivity index (χ2v) is 6.43. The number of carbonyl (C=O) groups excluding carboxylic acids is 2. The van der Waals surface area contributed by atoms with E-state index < -0.39 is 17.7 Å². The summed E-state index contributed by atoms with van der Waals surface area (Å²) >= 11 is 0. The van der Waals surface area contributed by atoms with Crippen LogP contribution in [-0.2, 0) is 9.59 Å². The van der Waals surface area contributed by atoms with Gasteiger partial charge in [0.15, 0.2) is 11.5 Å². The first-order chi connectivity index (χ1) is 12.5. The molecular weight excluding hydrogens is 328 g/mol. The number of carbonyl (C=O) groups is 2. The highest BCUT2D eigenvalue weighted by Gasteiger charge is 2.44. The van der Waals surface area contributed by atoms with Crippen LogP contribution in [0.3, 0.4) is 0 Å². The molecule has 26 heavy (non-hydrogen) atoms.